The van der Waals surface area contributed by atoms with Crippen LogP contribution in [0.2, 0.25) is 5.02 Å². The van der Waals surface area contributed by atoms with Crippen LogP contribution in [0.15, 0.2) is 54.6 Å². The molecule has 3 N–H and O–H groups in total. The normalized spacial score (nSPS) is 20.9. The van der Waals surface area contributed by atoms with Crippen molar-refractivity contribution in [3.63, 3.8) is 0 Å². The summed E-state index contributed by atoms with van der Waals surface area (Å²) in [5, 5.41) is 16.5. The summed E-state index contributed by atoms with van der Waals surface area (Å²) in [5.41, 5.74) is 0.764. The Bertz CT molecular complexity index is 694. The Balaban J connectivity index is 1.71. The number of nitrogens with one attached hydrogen (secondary N) is 2. The van der Waals surface area contributed by atoms with E-state index in [2.05, 4.69) is 10.6 Å². The Morgan fingerprint density at radius 3 is 2.56 bits per heavy atom. The van der Waals surface area contributed by atoms with E-state index in [1.807, 2.05) is 30.3 Å². The lowest BCUT2D eigenvalue weighted by Crippen LogP contribution is -2.38. The Morgan fingerprint density at radius 2 is 1.92 bits per heavy atom. The zero-order chi connectivity index (χ0) is 17.6. The number of hydrogen-bond acceptors (Lipinski definition) is 4. The number of β-amino-alcohol motifs (C(OH)–C–C–N with tert-alkyl or cyclic N) is 1. The first-order valence-electron chi connectivity index (χ1n) is 8.27. The minimum Gasteiger partial charge on any atom is -0.476 e. The highest BCUT2D eigenvalue weighted by atomic mass is 35.5. The Kier molecular flexibility index (Phi) is 5.91. The van der Waals surface area contributed by atoms with Gasteiger partial charge in [0.15, 0.2) is 0 Å². The van der Waals surface area contributed by atoms with Crippen molar-refractivity contribution >= 4 is 17.5 Å². The molecule has 6 heteroatoms. The molecule has 1 aliphatic heterocycles. The molecule has 1 aliphatic rings. The maximum absolute atomic E-state index is 12.7. The second-order valence-corrected chi connectivity index (χ2v) is 6.53. The maximum atomic E-state index is 12.7. The van der Waals surface area contributed by atoms with Crippen molar-refractivity contribution in [2.24, 2.45) is 5.92 Å². The minimum atomic E-state index is -0.770. The average Bonchev–Trinajstić information content (AvgIpc) is 3.05. The van der Waals surface area contributed by atoms with Gasteiger partial charge in [-0.05, 0) is 24.3 Å². The summed E-state index contributed by atoms with van der Waals surface area (Å²) in [6.07, 6.45) is -1.21. The molecular weight excluding hydrogens is 340 g/mol. The van der Waals surface area contributed by atoms with Crippen LogP contribution in [0.1, 0.15) is 11.7 Å². The molecule has 2 aromatic carbocycles. The summed E-state index contributed by atoms with van der Waals surface area (Å²) in [6, 6.07) is 16.2. The highest BCUT2D eigenvalue weighted by molar-refractivity contribution is 6.30. The van der Waals surface area contributed by atoms with E-state index in [4.69, 9.17) is 16.3 Å². The van der Waals surface area contributed by atoms with Gasteiger partial charge in [-0.15, -0.1) is 0 Å². The van der Waals surface area contributed by atoms with Crippen LogP contribution in [0.25, 0.3) is 0 Å². The summed E-state index contributed by atoms with van der Waals surface area (Å²) in [5.74, 6) is 0.340. The number of rotatable bonds is 6. The van der Waals surface area contributed by atoms with Gasteiger partial charge >= 0.3 is 0 Å². The van der Waals surface area contributed by atoms with Crippen LogP contribution in [-0.4, -0.2) is 36.8 Å². The topological polar surface area (TPSA) is 70.6 Å². The number of hydrogen-bond donors (Lipinski definition) is 3. The van der Waals surface area contributed by atoms with Crippen LogP contribution in [0, 0.1) is 5.92 Å². The number of ether oxygens (including phenoxy) is 1. The number of carbonyl (C=O) groups is 1. The van der Waals surface area contributed by atoms with Crippen LogP contribution in [-0.2, 0) is 4.79 Å². The van der Waals surface area contributed by atoms with Crippen LogP contribution in [0.5, 0.6) is 5.75 Å². The molecule has 3 atom stereocenters. The van der Waals surface area contributed by atoms with E-state index in [9.17, 15) is 9.90 Å². The monoisotopic (exact) mass is 360 g/mol. The molecule has 0 saturated carbocycles. The maximum Gasteiger partial charge on any atom is 0.265 e. The van der Waals surface area contributed by atoms with E-state index in [1.165, 1.54) is 0 Å². The summed E-state index contributed by atoms with van der Waals surface area (Å²) in [7, 11) is 0. The molecule has 0 spiro atoms. The summed E-state index contributed by atoms with van der Waals surface area (Å²) < 4.78 is 5.91. The van der Waals surface area contributed by atoms with Crippen LogP contribution < -0.4 is 15.4 Å². The third kappa shape index (κ3) is 4.72. The molecule has 0 aromatic heterocycles. The first-order chi connectivity index (χ1) is 12.1. The predicted molar refractivity (Wildman–Crippen MR) is 96.6 cm³/mol. The lowest BCUT2D eigenvalue weighted by Gasteiger charge is -2.21. The van der Waals surface area contributed by atoms with Gasteiger partial charge in [0.25, 0.3) is 5.91 Å². The number of aliphatic hydroxyl groups is 1. The predicted octanol–water partition coefficient (Wildman–Crippen LogP) is 2.16. The zero-order valence-electron chi connectivity index (χ0n) is 13.7. The largest absolute Gasteiger partial charge is 0.476 e. The molecule has 0 aliphatic carbocycles. The van der Waals surface area contributed by atoms with Gasteiger partial charge in [0.2, 0.25) is 6.10 Å². The van der Waals surface area contributed by atoms with E-state index < -0.39 is 12.2 Å². The van der Waals surface area contributed by atoms with Gasteiger partial charge in [-0.25, -0.2) is 0 Å². The Labute approximate surface area is 152 Å². The fourth-order valence-electron chi connectivity index (χ4n) is 2.80. The van der Waals surface area contributed by atoms with E-state index in [1.54, 1.807) is 24.3 Å². The molecule has 3 rings (SSSR count). The molecule has 132 valence electrons. The van der Waals surface area contributed by atoms with E-state index >= 15 is 0 Å². The summed E-state index contributed by atoms with van der Waals surface area (Å²) in [6.45, 7) is 1.65. The van der Waals surface area contributed by atoms with Crippen LogP contribution in [0.3, 0.4) is 0 Å². The first-order valence-corrected chi connectivity index (χ1v) is 8.65. The third-order valence-electron chi connectivity index (χ3n) is 4.25. The van der Waals surface area contributed by atoms with Gasteiger partial charge in [0, 0.05) is 36.1 Å². The van der Waals surface area contributed by atoms with Crippen LogP contribution >= 0.6 is 11.6 Å². The standard InChI is InChI=1S/C19H21ClN2O3/c20-15-6-8-16(9-7-15)25-18(13-4-2-1-3-5-13)19(24)22-11-14-10-21-12-17(14)23/h1-9,14,17-18,21,23H,10-12H2,(H,22,24). The van der Waals surface area contributed by atoms with Gasteiger partial charge in [-0.2, -0.15) is 0 Å². The molecule has 2 aromatic rings. The smallest absolute Gasteiger partial charge is 0.265 e. The number of amides is 1. The molecule has 1 fully saturated rings. The second kappa shape index (κ2) is 8.34. The SMILES string of the molecule is O=C(NCC1CNCC1O)C(Oc1ccc(Cl)cc1)c1ccccc1. The van der Waals surface area contributed by atoms with Gasteiger partial charge < -0.3 is 20.5 Å². The lowest BCUT2D eigenvalue weighted by atomic mass is 10.1. The fourth-order valence-corrected chi connectivity index (χ4v) is 2.93. The molecule has 1 saturated heterocycles. The van der Waals surface area contributed by atoms with E-state index in [0.29, 0.717) is 30.4 Å². The van der Waals surface area contributed by atoms with Gasteiger partial charge in [0.05, 0.1) is 6.10 Å². The molecule has 5 nitrogen and oxygen atoms in total. The fraction of sp³-hybridized carbons (Fsp3) is 0.316. The Morgan fingerprint density at radius 1 is 1.20 bits per heavy atom. The van der Waals surface area contributed by atoms with Crippen LogP contribution in [0.4, 0.5) is 0 Å². The van der Waals surface area contributed by atoms with E-state index in [0.717, 1.165) is 5.56 Å². The quantitative estimate of drug-likeness (QED) is 0.738. The lowest BCUT2D eigenvalue weighted by molar-refractivity contribution is -0.128. The van der Waals surface area contributed by atoms with Crippen molar-refractivity contribution in [1.29, 1.82) is 0 Å². The van der Waals surface area contributed by atoms with Crippen molar-refractivity contribution in [3.8, 4) is 5.75 Å². The van der Waals surface area contributed by atoms with Crippen molar-refractivity contribution in [1.82, 2.24) is 10.6 Å². The highest BCUT2D eigenvalue weighted by Gasteiger charge is 2.28. The molecule has 1 heterocycles. The minimum absolute atomic E-state index is 0.0101. The number of benzene rings is 2. The van der Waals surface area contributed by atoms with Gasteiger partial charge in [0.1, 0.15) is 5.75 Å². The van der Waals surface area contributed by atoms with Gasteiger partial charge in [-0.3, -0.25) is 4.79 Å². The molecular formula is C19H21ClN2O3. The molecule has 1 amide bonds. The second-order valence-electron chi connectivity index (χ2n) is 6.09. The molecule has 25 heavy (non-hydrogen) atoms. The molecule has 0 bridgehead atoms. The van der Waals surface area contributed by atoms with Crippen molar-refractivity contribution in [2.45, 2.75) is 12.2 Å². The number of carbonyl (C=O) groups excluding carboxylic acids is 1. The zero-order valence-corrected chi connectivity index (χ0v) is 14.4. The number of halogens is 1. The van der Waals surface area contributed by atoms with E-state index in [-0.39, 0.29) is 11.8 Å². The molecule has 3 unspecified atom stereocenters. The average molecular weight is 361 g/mol. The number of aliphatic hydroxyl groups excluding tert-OH is 1. The molecule has 0 radical (unpaired) electrons. The van der Waals surface area contributed by atoms with Gasteiger partial charge in [-0.1, -0.05) is 41.9 Å². The highest BCUT2D eigenvalue weighted by Crippen LogP contribution is 2.24. The summed E-state index contributed by atoms with van der Waals surface area (Å²) >= 11 is 5.90. The van der Waals surface area contributed by atoms with Crippen molar-refractivity contribution in [2.75, 3.05) is 19.6 Å². The Hall–Kier alpha value is -2.08. The third-order valence-corrected chi connectivity index (χ3v) is 4.50. The summed E-state index contributed by atoms with van der Waals surface area (Å²) in [4.78, 5) is 12.7. The first kappa shape index (κ1) is 17.7. The van der Waals surface area contributed by atoms with Crippen molar-refractivity contribution < 1.29 is 14.6 Å². The van der Waals surface area contributed by atoms with Crippen molar-refractivity contribution in [3.05, 3.63) is 65.2 Å².